The van der Waals surface area contributed by atoms with Gasteiger partial charge in [-0.1, -0.05) is 35.9 Å². The summed E-state index contributed by atoms with van der Waals surface area (Å²) in [5, 5.41) is 15.2. The van der Waals surface area contributed by atoms with Crippen molar-refractivity contribution in [3.8, 4) is 5.75 Å². The first kappa shape index (κ1) is 18.9. The molecule has 0 radical (unpaired) electrons. The summed E-state index contributed by atoms with van der Waals surface area (Å²) in [7, 11) is 0. The zero-order valence-corrected chi connectivity index (χ0v) is 16.1. The van der Waals surface area contributed by atoms with Crippen LogP contribution in [0.3, 0.4) is 0 Å². The molecule has 140 valence electrons. The van der Waals surface area contributed by atoms with Gasteiger partial charge >= 0.3 is 0 Å². The number of ether oxygens (including phenoxy) is 1. The molecule has 0 bridgehead atoms. The maximum absolute atomic E-state index is 5.91. The zero-order valence-electron chi connectivity index (χ0n) is 15.3. The lowest BCUT2D eigenvalue weighted by molar-refractivity contribution is 0.244. The Morgan fingerprint density at radius 1 is 1.07 bits per heavy atom. The Morgan fingerprint density at radius 3 is 2.63 bits per heavy atom. The average molecular weight is 384 g/mol. The maximum atomic E-state index is 5.91. The van der Waals surface area contributed by atoms with E-state index in [1.165, 1.54) is 5.56 Å². The maximum Gasteiger partial charge on any atom is 0.249 e. The first-order valence-corrected chi connectivity index (χ1v) is 9.18. The topological polar surface area (TPSA) is 72.0 Å². The molecule has 27 heavy (non-hydrogen) atoms. The molecule has 0 spiro atoms. The van der Waals surface area contributed by atoms with Gasteiger partial charge in [0.15, 0.2) is 5.82 Å². The number of anilines is 3. The highest BCUT2D eigenvalue weighted by Gasteiger charge is 2.08. The predicted molar refractivity (Wildman–Crippen MR) is 109 cm³/mol. The highest BCUT2D eigenvalue weighted by atomic mass is 35.5. The van der Waals surface area contributed by atoms with Crippen LogP contribution in [0.15, 0.2) is 54.7 Å². The number of aromatic nitrogens is 3. The smallest absolute Gasteiger partial charge is 0.249 e. The number of hydrogen-bond donors (Lipinski definition) is 2. The van der Waals surface area contributed by atoms with E-state index in [2.05, 4.69) is 25.8 Å². The lowest BCUT2D eigenvalue weighted by Crippen LogP contribution is -2.10. The molecule has 0 amide bonds. The lowest BCUT2D eigenvalue weighted by Gasteiger charge is -2.14. The predicted octanol–water partition coefficient (Wildman–Crippen LogP) is 4.71. The van der Waals surface area contributed by atoms with Crippen LogP contribution in [-0.4, -0.2) is 27.8 Å². The summed E-state index contributed by atoms with van der Waals surface area (Å²) < 4.78 is 5.81. The van der Waals surface area contributed by atoms with Gasteiger partial charge in [0.05, 0.1) is 18.0 Å². The Bertz CT molecular complexity index is 870. The molecule has 0 aliphatic carbocycles. The number of benzene rings is 2. The van der Waals surface area contributed by atoms with E-state index in [0.717, 1.165) is 29.4 Å². The van der Waals surface area contributed by atoms with Crippen LogP contribution < -0.4 is 15.4 Å². The van der Waals surface area contributed by atoms with Crippen LogP contribution in [0, 0.1) is 0 Å². The molecular weight excluding hydrogens is 362 g/mol. The SMILES string of the molecule is CC(C)Oc1ccccc1Nc1nncc(NCCc2ccc(Cl)cc2)n1. The second-order valence-corrected chi connectivity index (χ2v) is 6.69. The Kier molecular flexibility index (Phi) is 6.44. The largest absolute Gasteiger partial charge is 0.489 e. The van der Waals surface area contributed by atoms with Crippen LogP contribution in [0.2, 0.25) is 5.02 Å². The molecular formula is C20H22ClN5O. The number of para-hydroxylation sites is 2. The Balaban J connectivity index is 1.61. The quantitative estimate of drug-likeness (QED) is 0.587. The molecule has 0 fully saturated rings. The molecule has 0 saturated carbocycles. The van der Waals surface area contributed by atoms with Gasteiger partial charge in [0.2, 0.25) is 5.95 Å². The number of nitrogens with one attached hydrogen (secondary N) is 2. The molecule has 6 nitrogen and oxygen atoms in total. The fraction of sp³-hybridized carbons (Fsp3) is 0.250. The normalized spacial score (nSPS) is 10.7. The highest BCUT2D eigenvalue weighted by Crippen LogP contribution is 2.27. The van der Waals surface area contributed by atoms with E-state index in [-0.39, 0.29) is 6.10 Å². The lowest BCUT2D eigenvalue weighted by atomic mass is 10.1. The van der Waals surface area contributed by atoms with Crippen molar-refractivity contribution in [3.05, 3.63) is 65.3 Å². The van der Waals surface area contributed by atoms with Gasteiger partial charge < -0.3 is 15.4 Å². The molecule has 1 heterocycles. The number of halogens is 1. The molecule has 0 aliphatic heterocycles. The van der Waals surface area contributed by atoms with E-state index in [9.17, 15) is 0 Å². The van der Waals surface area contributed by atoms with Gasteiger partial charge in [-0.05, 0) is 50.1 Å². The second-order valence-electron chi connectivity index (χ2n) is 6.26. The van der Waals surface area contributed by atoms with Gasteiger partial charge in [0.1, 0.15) is 5.75 Å². The Morgan fingerprint density at radius 2 is 1.85 bits per heavy atom. The van der Waals surface area contributed by atoms with E-state index in [1.807, 2.05) is 62.4 Å². The fourth-order valence-electron chi connectivity index (χ4n) is 2.47. The Labute approximate surface area is 164 Å². The third-order valence-electron chi connectivity index (χ3n) is 3.69. The van der Waals surface area contributed by atoms with Crippen molar-refractivity contribution in [2.75, 3.05) is 17.2 Å². The summed E-state index contributed by atoms with van der Waals surface area (Å²) in [6.07, 6.45) is 2.53. The molecule has 7 heteroatoms. The monoisotopic (exact) mass is 383 g/mol. The summed E-state index contributed by atoms with van der Waals surface area (Å²) in [6.45, 7) is 4.70. The van der Waals surface area contributed by atoms with Gasteiger partial charge in [0.25, 0.3) is 0 Å². The van der Waals surface area contributed by atoms with Crippen molar-refractivity contribution in [2.24, 2.45) is 0 Å². The van der Waals surface area contributed by atoms with Gasteiger partial charge in [-0.3, -0.25) is 0 Å². The second kappa shape index (κ2) is 9.19. The van der Waals surface area contributed by atoms with Gasteiger partial charge in [-0.25, -0.2) is 0 Å². The van der Waals surface area contributed by atoms with E-state index in [0.29, 0.717) is 11.8 Å². The molecule has 2 N–H and O–H groups in total. The minimum Gasteiger partial charge on any atom is -0.489 e. The van der Waals surface area contributed by atoms with Crippen molar-refractivity contribution in [1.29, 1.82) is 0 Å². The number of hydrogen-bond acceptors (Lipinski definition) is 6. The van der Waals surface area contributed by atoms with Gasteiger partial charge in [-0.2, -0.15) is 10.1 Å². The minimum absolute atomic E-state index is 0.0767. The van der Waals surface area contributed by atoms with E-state index in [4.69, 9.17) is 16.3 Å². The van der Waals surface area contributed by atoms with E-state index < -0.39 is 0 Å². The van der Waals surface area contributed by atoms with E-state index >= 15 is 0 Å². The molecule has 0 unspecified atom stereocenters. The van der Waals surface area contributed by atoms with Crippen molar-refractivity contribution in [3.63, 3.8) is 0 Å². The molecule has 1 aromatic heterocycles. The highest BCUT2D eigenvalue weighted by molar-refractivity contribution is 6.30. The minimum atomic E-state index is 0.0767. The van der Waals surface area contributed by atoms with Crippen LogP contribution in [0.25, 0.3) is 0 Å². The summed E-state index contributed by atoms with van der Waals surface area (Å²) in [5.74, 6) is 1.81. The van der Waals surface area contributed by atoms with E-state index in [1.54, 1.807) is 6.20 Å². The molecule has 3 aromatic rings. The molecule has 3 rings (SSSR count). The number of rotatable bonds is 8. The molecule has 2 aromatic carbocycles. The Hall–Kier alpha value is -2.86. The summed E-state index contributed by atoms with van der Waals surface area (Å²) in [5.41, 5.74) is 2.00. The first-order valence-electron chi connectivity index (χ1n) is 8.81. The van der Waals surface area contributed by atoms with Crippen LogP contribution >= 0.6 is 11.6 Å². The molecule has 0 saturated heterocycles. The third-order valence-corrected chi connectivity index (χ3v) is 3.94. The molecule has 0 atom stereocenters. The summed E-state index contributed by atoms with van der Waals surface area (Å²) in [4.78, 5) is 4.46. The van der Waals surface area contributed by atoms with Crippen LogP contribution in [-0.2, 0) is 6.42 Å². The van der Waals surface area contributed by atoms with Gasteiger partial charge in [-0.15, -0.1) is 5.10 Å². The summed E-state index contributed by atoms with van der Waals surface area (Å²) >= 11 is 5.91. The standard InChI is InChI=1S/C20H22ClN5O/c1-14(2)27-18-6-4-3-5-17(18)24-20-25-19(13-23-26-20)22-12-11-15-7-9-16(21)10-8-15/h3-10,13-14H,11-12H2,1-2H3,(H2,22,24,25,26). The van der Waals surface area contributed by atoms with Crippen LogP contribution in [0.5, 0.6) is 5.75 Å². The van der Waals surface area contributed by atoms with Crippen molar-refractivity contribution < 1.29 is 4.74 Å². The zero-order chi connectivity index (χ0) is 19.1. The molecule has 0 aliphatic rings. The van der Waals surface area contributed by atoms with Crippen molar-refractivity contribution >= 4 is 29.1 Å². The number of nitrogens with zero attached hydrogens (tertiary/aromatic N) is 3. The summed E-state index contributed by atoms with van der Waals surface area (Å²) in [6, 6.07) is 15.5. The fourth-order valence-corrected chi connectivity index (χ4v) is 2.60. The van der Waals surface area contributed by atoms with Crippen molar-refractivity contribution in [2.45, 2.75) is 26.4 Å². The van der Waals surface area contributed by atoms with Crippen LogP contribution in [0.4, 0.5) is 17.5 Å². The van der Waals surface area contributed by atoms with Gasteiger partial charge in [0, 0.05) is 11.6 Å². The average Bonchev–Trinajstić information content (AvgIpc) is 2.65. The first-order chi connectivity index (χ1) is 13.1. The van der Waals surface area contributed by atoms with Crippen LogP contribution in [0.1, 0.15) is 19.4 Å². The third kappa shape index (κ3) is 5.82. The van der Waals surface area contributed by atoms with Crippen molar-refractivity contribution in [1.82, 2.24) is 15.2 Å².